The van der Waals surface area contributed by atoms with Gasteiger partial charge in [-0.05, 0) is 95.4 Å². The first kappa shape index (κ1) is 33.6. The molecule has 0 radical (unpaired) electrons. The number of rotatable bonds is 9. The van der Waals surface area contributed by atoms with Gasteiger partial charge < -0.3 is 15.8 Å². The fraction of sp³-hybridized carbons (Fsp3) is 0.379. The Morgan fingerprint density at radius 2 is 1.82 bits per heavy atom. The number of sulfonamides is 1. The van der Waals surface area contributed by atoms with Gasteiger partial charge in [0.15, 0.2) is 0 Å². The van der Waals surface area contributed by atoms with Crippen LogP contribution in [-0.4, -0.2) is 71.7 Å². The molecule has 238 valence electrons. The maximum Gasteiger partial charge on any atom is 0.490 e. The van der Waals surface area contributed by atoms with Crippen molar-refractivity contribution in [1.82, 2.24) is 14.2 Å². The van der Waals surface area contributed by atoms with E-state index in [1.165, 1.54) is 10.4 Å². The number of fused-ring (bicyclic) bond motifs is 1. The fourth-order valence-electron chi connectivity index (χ4n) is 5.21. The number of amides is 1. The molecule has 0 aliphatic carbocycles. The molecule has 3 aromatic heterocycles. The van der Waals surface area contributed by atoms with E-state index in [0.29, 0.717) is 18.7 Å². The molecule has 1 saturated heterocycles. The lowest BCUT2D eigenvalue weighted by Gasteiger charge is -2.31. The van der Waals surface area contributed by atoms with Gasteiger partial charge in [0.1, 0.15) is 0 Å². The Balaban J connectivity index is 0.000000566. The monoisotopic (exact) mass is 670 g/mol. The zero-order chi connectivity index (χ0) is 32.2. The number of nitrogens with two attached hydrogens (primary N) is 1. The van der Waals surface area contributed by atoms with Gasteiger partial charge in [-0.15, -0.1) is 11.3 Å². The molecule has 0 unspecified atom stereocenters. The molecule has 0 bridgehead atoms. The highest BCUT2D eigenvalue weighted by molar-refractivity contribution is 7.89. The van der Waals surface area contributed by atoms with Crippen LogP contribution in [-0.2, 0) is 27.9 Å². The Kier molecular flexibility index (Phi) is 10.6. The minimum atomic E-state index is -5.08. The van der Waals surface area contributed by atoms with Crippen LogP contribution in [0.15, 0.2) is 46.6 Å². The van der Waals surface area contributed by atoms with Crippen LogP contribution in [0.25, 0.3) is 22.0 Å². The van der Waals surface area contributed by atoms with Crippen molar-refractivity contribution in [2.45, 2.75) is 44.9 Å². The van der Waals surface area contributed by atoms with Gasteiger partial charge in [-0.3, -0.25) is 9.69 Å². The van der Waals surface area contributed by atoms with Gasteiger partial charge in [0.05, 0.1) is 16.8 Å². The van der Waals surface area contributed by atoms with E-state index in [4.69, 9.17) is 15.6 Å². The molecular weight excluding hydrogens is 638 g/mol. The van der Waals surface area contributed by atoms with Crippen molar-refractivity contribution < 1.29 is 36.3 Å². The van der Waals surface area contributed by atoms with Crippen LogP contribution in [0.3, 0.4) is 0 Å². The molecule has 1 aliphatic heterocycles. The lowest BCUT2D eigenvalue weighted by atomic mass is 9.88. The number of carboxylic acids is 1. The zero-order valence-electron chi connectivity index (χ0n) is 24.1. The first-order valence-electron chi connectivity index (χ1n) is 13.7. The Morgan fingerprint density at radius 1 is 1.14 bits per heavy atom. The number of aromatic nitrogens is 1. The molecule has 15 heteroatoms. The quantitative estimate of drug-likeness (QED) is 0.204. The van der Waals surface area contributed by atoms with Crippen molar-refractivity contribution >= 4 is 55.5 Å². The van der Waals surface area contributed by atoms with Crippen LogP contribution in [0, 0.1) is 0 Å². The average Bonchev–Trinajstić information content (AvgIpc) is 3.74. The number of carbonyl (C=O) groups excluding carboxylic acids is 1. The zero-order valence-corrected chi connectivity index (χ0v) is 26.5. The van der Waals surface area contributed by atoms with Crippen molar-refractivity contribution in [2.75, 3.05) is 25.9 Å². The van der Waals surface area contributed by atoms with Crippen LogP contribution >= 0.6 is 22.7 Å². The summed E-state index contributed by atoms with van der Waals surface area (Å²) in [6, 6.07) is 8.37. The first-order chi connectivity index (χ1) is 20.7. The number of primary amides is 1. The summed E-state index contributed by atoms with van der Waals surface area (Å²) in [5, 5.41) is 14.5. The summed E-state index contributed by atoms with van der Waals surface area (Å²) < 4.78 is 57.9. The van der Waals surface area contributed by atoms with Gasteiger partial charge in [-0.1, -0.05) is 0 Å². The molecule has 0 spiro atoms. The third kappa shape index (κ3) is 8.07. The number of nitrogens with one attached hydrogen (secondary N) is 1. The normalized spacial score (nSPS) is 15.0. The predicted octanol–water partition coefficient (Wildman–Crippen LogP) is 5.85. The Hall–Kier alpha value is -3.24. The van der Waals surface area contributed by atoms with Crippen LogP contribution in [0.5, 0.6) is 0 Å². The number of hydrogen-bond acceptors (Lipinski definition) is 7. The van der Waals surface area contributed by atoms with E-state index < -0.39 is 28.1 Å². The van der Waals surface area contributed by atoms with E-state index in [-0.39, 0.29) is 11.7 Å². The van der Waals surface area contributed by atoms with Gasteiger partial charge in [0.2, 0.25) is 10.0 Å². The Bertz CT molecular complexity index is 1710. The highest BCUT2D eigenvalue weighted by atomic mass is 32.2. The average molecular weight is 671 g/mol. The summed E-state index contributed by atoms with van der Waals surface area (Å²) in [5.74, 6) is -2.87. The third-order valence-corrected chi connectivity index (χ3v) is 11.0. The van der Waals surface area contributed by atoms with Crippen molar-refractivity contribution in [3.63, 3.8) is 0 Å². The number of aliphatic carboxylic acids is 1. The number of aromatic amines is 1. The number of halogens is 3. The van der Waals surface area contributed by atoms with E-state index in [2.05, 4.69) is 51.3 Å². The van der Waals surface area contributed by atoms with Crippen molar-refractivity contribution in [2.24, 2.45) is 5.73 Å². The standard InChI is InChI=1S/C27H32N4O3S3.C2HF3O2/c1-3-37(33,34)31-7-4-19(5-8-31)25-13-29-26-23(25)11-20(12-24(26)27(28)32)21-10-22(36-17-21)15-30(2)14-18-6-9-35-16-18;3-2(4,5)1(6)7/h6,9-13,16-17,19,29H,3-5,7-8,14-15H2,1-2H3,(H2,28,32);(H,6,7). The highest BCUT2D eigenvalue weighted by Crippen LogP contribution is 2.38. The molecule has 1 aliphatic rings. The number of alkyl halides is 3. The van der Waals surface area contributed by atoms with Crippen molar-refractivity contribution in [1.29, 1.82) is 0 Å². The lowest BCUT2D eigenvalue weighted by molar-refractivity contribution is -0.192. The third-order valence-electron chi connectivity index (χ3n) is 7.43. The van der Waals surface area contributed by atoms with Gasteiger partial charge in [0.25, 0.3) is 5.91 Å². The summed E-state index contributed by atoms with van der Waals surface area (Å²) in [5.41, 5.74) is 11.5. The smallest absolute Gasteiger partial charge is 0.475 e. The maximum atomic E-state index is 12.4. The number of carbonyl (C=O) groups is 2. The van der Waals surface area contributed by atoms with E-state index in [1.807, 2.05) is 12.3 Å². The fourth-order valence-corrected chi connectivity index (χ4v) is 7.97. The Labute approximate surface area is 261 Å². The van der Waals surface area contributed by atoms with Crippen LogP contribution in [0.1, 0.15) is 52.0 Å². The molecule has 0 atom stereocenters. The molecule has 44 heavy (non-hydrogen) atoms. The molecule has 4 aromatic rings. The topological polar surface area (TPSA) is 137 Å². The van der Waals surface area contributed by atoms with Gasteiger partial charge in [0, 0.05) is 42.6 Å². The number of thiophene rings is 2. The SMILES string of the molecule is CCS(=O)(=O)N1CCC(c2c[nH]c3c(C(N)=O)cc(-c4csc(CN(C)Cc5ccsc5)c4)cc23)CC1.O=C(O)C(F)(F)F. The molecule has 4 heterocycles. The number of benzene rings is 1. The van der Waals surface area contributed by atoms with E-state index in [9.17, 15) is 26.4 Å². The first-order valence-corrected chi connectivity index (χ1v) is 17.1. The lowest BCUT2D eigenvalue weighted by Crippen LogP contribution is -2.38. The molecule has 1 amide bonds. The maximum absolute atomic E-state index is 12.4. The van der Waals surface area contributed by atoms with Gasteiger partial charge >= 0.3 is 12.1 Å². The minimum absolute atomic E-state index is 0.127. The van der Waals surface area contributed by atoms with E-state index in [1.54, 1.807) is 33.9 Å². The summed E-state index contributed by atoms with van der Waals surface area (Å²) >= 11 is 3.43. The molecule has 5 rings (SSSR count). The van der Waals surface area contributed by atoms with Gasteiger partial charge in [-0.2, -0.15) is 24.5 Å². The molecule has 9 nitrogen and oxygen atoms in total. The summed E-state index contributed by atoms with van der Waals surface area (Å²) in [7, 11) is -1.05. The minimum Gasteiger partial charge on any atom is -0.475 e. The van der Waals surface area contributed by atoms with Crippen LogP contribution in [0.4, 0.5) is 13.2 Å². The van der Waals surface area contributed by atoms with E-state index in [0.717, 1.165) is 53.5 Å². The van der Waals surface area contributed by atoms with Gasteiger partial charge in [-0.25, -0.2) is 17.5 Å². The number of hydrogen-bond donors (Lipinski definition) is 3. The molecule has 1 aromatic carbocycles. The number of nitrogens with zero attached hydrogens (tertiary/aromatic N) is 2. The van der Waals surface area contributed by atoms with E-state index >= 15 is 0 Å². The molecule has 4 N–H and O–H groups in total. The second-order valence-electron chi connectivity index (χ2n) is 10.5. The predicted molar refractivity (Wildman–Crippen MR) is 166 cm³/mol. The van der Waals surface area contributed by atoms with Crippen molar-refractivity contribution in [3.05, 3.63) is 68.2 Å². The molecular formula is C29H33F3N4O5S3. The summed E-state index contributed by atoms with van der Waals surface area (Å²) in [6.45, 7) is 4.47. The summed E-state index contributed by atoms with van der Waals surface area (Å²) in [4.78, 5) is 28.1. The Morgan fingerprint density at radius 3 is 2.39 bits per heavy atom. The molecule has 1 fully saturated rings. The summed E-state index contributed by atoms with van der Waals surface area (Å²) in [6.07, 6.45) is -1.61. The van der Waals surface area contributed by atoms with Crippen LogP contribution in [0.2, 0.25) is 0 Å². The number of H-pyrrole nitrogens is 1. The highest BCUT2D eigenvalue weighted by Gasteiger charge is 2.38. The second-order valence-corrected chi connectivity index (χ2v) is 14.6. The number of carboxylic acid groups (broad SMARTS) is 1. The number of piperidine rings is 1. The van der Waals surface area contributed by atoms with Crippen molar-refractivity contribution in [3.8, 4) is 11.1 Å². The second kappa shape index (κ2) is 13.8. The van der Waals surface area contributed by atoms with Crippen LogP contribution < -0.4 is 5.73 Å². The molecule has 0 saturated carbocycles. The largest absolute Gasteiger partial charge is 0.490 e.